The summed E-state index contributed by atoms with van der Waals surface area (Å²) >= 11 is 1.82. The Morgan fingerprint density at radius 3 is 1.36 bits per heavy atom. The van der Waals surface area contributed by atoms with Crippen LogP contribution in [0.4, 0.5) is 0 Å². The highest BCUT2D eigenvalue weighted by molar-refractivity contribution is 7.99. The van der Waals surface area contributed by atoms with Crippen molar-refractivity contribution in [3.05, 3.63) is 200 Å². The van der Waals surface area contributed by atoms with Gasteiger partial charge in [-0.05, 0) is 86.0 Å². The van der Waals surface area contributed by atoms with Crippen LogP contribution in [0, 0.1) is 0 Å². The fourth-order valence-corrected chi connectivity index (χ4v) is 8.68. The second-order valence-electron chi connectivity index (χ2n) is 13.6. The minimum absolute atomic E-state index is 0.680. The van der Waals surface area contributed by atoms with Gasteiger partial charge in [-0.15, -0.1) is 0 Å². The van der Waals surface area contributed by atoms with Crippen LogP contribution in [0.5, 0.6) is 0 Å². The molecule has 3 nitrogen and oxygen atoms in total. The van der Waals surface area contributed by atoms with E-state index in [0.29, 0.717) is 5.82 Å². The number of hydrogen-bond acceptors (Lipinski definition) is 4. The Labute approximate surface area is 325 Å². The number of rotatable bonds is 4. The van der Waals surface area contributed by atoms with Crippen LogP contribution in [0.25, 0.3) is 89.5 Å². The van der Waals surface area contributed by atoms with E-state index in [9.17, 15) is 0 Å². The van der Waals surface area contributed by atoms with Crippen molar-refractivity contribution in [2.45, 2.75) is 9.79 Å². The number of fused-ring (bicyclic) bond motifs is 9. The zero-order chi connectivity index (χ0) is 36.6. The van der Waals surface area contributed by atoms with Crippen LogP contribution in [0.15, 0.2) is 210 Å². The Morgan fingerprint density at radius 2 is 0.764 bits per heavy atom. The van der Waals surface area contributed by atoms with Gasteiger partial charge in [-0.25, -0.2) is 9.97 Å². The Kier molecular flexibility index (Phi) is 8.43. The van der Waals surface area contributed by atoms with Gasteiger partial charge in [0.15, 0.2) is 5.82 Å². The predicted molar refractivity (Wildman–Crippen MR) is 227 cm³/mol. The van der Waals surface area contributed by atoms with Gasteiger partial charge in [0.2, 0.25) is 0 Å². The minimum atomic E-state index is 0.680. The molecule has 0 fully saturated rings. The third-order valence-electron chi connectivity index (χ3n) is 10.3. The number of pyridine rings is 1. The van der Waals surface area contributed by atoms with Gasteiger partial charge < -0.3 is 0 Å². The monoisotopic (exact) mass is 719 g/mol. The minimum Gasteiger partial charge on any atom is -0.264 e. The molecular weight excluding hydrogens is 687 g/mol. The maximum Gasteiger partial charge on any atom is 0.160 e. The summed E-state index contributed by atoms with van der Waals surface area (Å²) in [5.74, 6) is 0.680. The lowest BCUT2D eigenvalue weighted by atomic mass is 9.86. The highest BCUT2D eigenvalue weighted by atomic mass is 32.2. The largest absolute Gasteiger partial charge is 0.264 e. The van der Waals surface area contributed by atoms with Crippen molar-refractivity contribution in [1.82, 2.24) is 15.0 Å². The quantitative estimate of drug-likeness (QED) is 0.182. The van der Waals surface area contributed by atoms with Crippen molar-refractivity contribution >= 4 is 11.8 Å². The van der Waals surface area contributed by atoms with E-state index in [1.54, 1.807) is 6.20 Å². The molecule has 10 rings (SSSR count). The predicted octanol–water partition coefficient (Wildman–Crippen LogP) is 13.7. The molecule has 0 saturated heterocycles. The smallest absolute Gasteiger partial charge is 0.160 e. The van der Waals surface area contributed by atoms with E-state index >= 15 is 0 Å². The summed E-state index contributed by atoms with van der Waals surface area (Å²) in [4.78, 5) is 17.2. The van der Waals surface area contributed by atoms with Crippen molar-refractivity contribution in [1.29, 1.82) is 0 Å². The van der Waals surface area contributed by atoms with Crippen LogP contribution in [0.3, 0.4) is 0 Å². The molecule has 0 aliphatic carbocycles. The normalized spacial score (nSPS) is 11.6. The first kappa shape index (κ1) is 32.7. The SMILES string of the molecule is c1ccc(-c2cc(-c3ccc(-c4cccnc4)cc3)nc(-c3ccc4c(c3)-c3ccccc3Sc3ccccc3-c3ccccc3-c3ccccc3-4)n2)cc1. The average Bonchev–Trinajstić information content (AvgIpc) is 3.28. The highest BCUT2D eigenvalue weighted by Gasteiger charge is 2.22. The van der Waals surface area contributed by atoms with Gasteiger partial charge in [-0.3, -0.25) is 4.98 Å². The Hall–Kier alpha value is -6.88. The summed E-state index contributed by atoms with van der Waals surface area (Å²) < 4.78 is 0. The van der Waals surface area contributed by atoms with E-state index < -0.39 is 0 Å². The molecule has 1 aliphatic heterocycles. The van der Waals surface area contributed by atoms with Crippen LogP contribution in [0.2, 0.25) is 0 Å². The molecule has 1 aliphatic rings. The first-order chi connectivity index (χ1) is 27.3. The lowest BCUT2D eigenvalue weighted by Crippen LogP contribution is -1.97. The van der Waals surface area contributed by atoms with E-state index in [-0.39, 0.29) is 0 Å². The van der Waals surface area contributed by atoms with Crippen LogP contribution < -0.4 is 0 Å². The summed E-state index contributed by atoms with van der Waals surface area (Å²) in [7, 11) is 0. The summed E-state index contributed by atoms with van der Waals surface area (Å²) in [5, 5.41) is 0. The first-order valence-corrected chi connectivity index (χ1v) is 19.2. The van der Waals surface area contributed by atoms with Crippen molar-refractivity contribution in [2.75, 3.05) is 0 Å². The number of aromatic nitrogens is 3. The molecule has 3 heterocycles. The van der Waals surface area contributed by atoms with Gasteiger partial charge in [-0.2, -0.15) is 0 Å². The van der Waals surface area contributed by atoms with Gasteiger partial charge in [0.25, 0.3) is 0 Å². The third kappa shape index (κ3) is 6.23. The lowest BCUT2D eigenvalue weighted by Gasteiger charge is -2.18. The highest BCUT2D eigenvalue weighted by Crippen LogP contribution is 2.49. The zero-order valence-corrected chi connectivity index (χ0v) is 30.6. The van der Waals surface area contributed by atoms with Crippen LogP contribution in [-0.2, 0) is 0 Å². The summed E-state index contributed by atoms with van der Waals surface area (Å²) in [5.41, 5.74) is 16.5. The molecule has 0 atom stereocenters. The maximum absolute atomic E-state index is 5.27. The average molecular weight is 720 g/mol. The van der Waals surface area contributed by atoms with Gasteiger partial charge in [0.1, 0.15) is 0 Å². The Bertz CT molecular complexity index is 2830. The van der Waals surface area contributed by atoms with Gasteiger partial charge in [-0.1, -0.05) is 169 Å². The molecular formula is C51H33N3S. The fourth-order valence-electron chi connectivity index (χ4n) is 7.57. The molecule has 9 aromatic rings. The third-order valence-corrected chi connectivity index (χ3v) is 11.4. The number of benzene rings is 7. The maximum atomic E-state index is 5.27. The molecule has 0 unspecified atom stereocenters. The summed E-state index contributed by atoms with van der Waals surface area (Å²) in [6.07, 6.45) is 3.69. The molecule has 0 bridgehead atoms. The molecule has 0 amide bonds. The van der Waals surface area contributed by atoms with Gasteiger partial charge in [0, 0.05) is 38.9 Å². The topological polar surface area (TPSA) is 38.7 Å². The summed E-state index contributed by atoms with van der Waals surface area (Å²) in [6, 6.07) is 66.9. The fraction of sp³-hybridized carbons (Fsp3) is 0. The molecule has 4 heteroatoms. The number of nitrogens with zero attached hydrogens (tertiary/aromatic N) is 3. The Balaban J connectivity index is 1.19. The molecule has 7 aromatic carbocycles. The molecule has 0 N–H and O–H groups in total. The van der Waals surface area contributed by atoms with Crippen molar-refractivity contribution in [3.63, 3.8) is 0 Å². The van der Waals surface area contributed by atoms with E-state index in [1.807, 2.05) is 30.1 Å². The van der Waals surface area contributed by atoms with Crippen molar-refractivity contribution in [3.8, 4) is 89.5 Å². The summed E-state index contributed by atoms with van der Waals surface area (Å²) in [6.45, 7) is 0. The van der Waals surface area contributed by atoms with Crippen molar-refractivity contribution < 1.29 is 0 Å². The van der Waals surface area contributed by atoms with Gasteiger partial charge in [0.05, 0.1) is 11.4 Å². The van der Waals surface area contributed by atoms with Crippen molar-refractivity contribution in [2.24, 2.45) is 0 Å². The van der Waals surface area contributed by atoms with E-state index in [1.165, 1.54) is 48.7 Å². The molecule has 0 spiro atoms. The second kappa shape index (κ2) is 14.2. The van der Waals surface area contributed by atoms with Crippen LogP contribution >= 0.6 is 11.8 Å². The van der Waals surface area contributed by atoms with Crippen LogP contribution in [0.1, 0.15) is 0 Å². The van der Waals surface area contributed by atoms with E-state index in [4.69, 9.17) is 9.97 Å². The molecule has 0 radical (unpaired) electrons. The van der Waals surface area contributed by atoms with E-state index in [2.05, 4.69) is 181 Å². The standard InChI is InChI=1S/C51H33N3S/c1-2-13-35(14-3-1)47-32-48(36-26-24-34(25-27-36)38-15-12-30-52-33-38)54-51(53-47)37-28-29-43-41-18-5-4-16-39(41)40-17-6-7-19-42(40)44-20-8-10-22-49(44)55-50-23-11-9-21-45(50)46(43)31-37/h1-33H. The molecule has 0 saturated carbocycles. The first-order valence-electron chi connectivity index (χ1n) is 18.4. The second-order valence-corrected chi connectivity index (χ2v) is 14.7. The van der Waals surface area contributed by atoms with E-state index in [0.717, 1.165) is 44.8 Å². The molecule has 55 heavy (non-hydrogen) atoms. The number of hydrogen-bond donors (Lipinski definition) is 0. The van der Waals surface area contributed by atoms with Gasteiger partial charge >= 0.3 is 0 Å². The molecule has 258 valence electrons. The molecule has 2 aromatic heterocycles. The lowest BCUT2D eigenvalue weighted by molar-refractivity contribution is 1.18. The Morgan fingerprint density at radius 1 is 0.309 bits per heavy atom. The van der Waals surface area contributed by atoms with Crippen LogP contribution in [-0.4, -0.2) is 15.0 Å². The zero-order valence-electron chi connectivity index (χ0n) is 29.8.